The number of hydrogen-bond acceptors (Lipinski definition) is 3. The Labute approximate surface area is 83.7 Å². The lowest BCUT2D eigenvalue weighted by Gasteiger charge is -2.33. The lowest BCUT2D eigenvalue weighted by Crippen LogP contribution is -2.38. The number of urea groups is 1. The average molecular weight is 199 g/mol. The second kappa shape index (κ2) is 4.41. The number of nitrogens with two attached hydrogens (primary N) is 1. The Morgan fingerprint density at radius 1 is 1.79 bits per heavy atom. The van der Waals surface area contributed by atoms with Gasteiger partial charge in [-0.3, -0.25) is 0 Å². The Morgan fingerprint density at radius 2 is 2.50 bits per heavy atom. The maximum absolute atomic E-state index is 10.4. The summed E-state index contributed by atoms with van der Waals surface area (Å²) in [4.78, 5) is 10.4. The Bertz CT molecular complexity index is 252. The van der Waals surface area contributed by atoms with Crippen molar-refractivity contribution in [3.8, 4) is 0 Å². The van der Waals surface area contributed by atoms with E-state index in [-0.39, 0.29) is 5.60 Å². The summed E-state index contributed by atoms with van der Waals surface area (Å²) in [6.07, 6.45) is 2.45. The molecule has 1 heterocycles. The fourth-order valence-electron chi connectivity index (χ4n) is 1.44. The molecule has 1 atom stereocenters. The summed E-state index contributed by atoms with van der Waals surface area (Å²) in [7, 11) is 0. The van der Waals surface area contributed by atoms with Gasteiger partial charge in [0.2, 0.25) is 0 Å². The number of hydrogen-bond donors (Lipinski definition) is 2. The fraction of sp³-hybridized carbons (Fsp3) is 0.778. The lowest BCUT2D eigenvalue weighted by molar-refractivity contribution is -0.0370. The van der Waals surface area contributed by atoms with Crippen molar-refractivity contribution in [2.75, 3.05) is 6.61 Å². The van der Waals surface area contributed by atoms with Gasteiger partial charge in [0.1, 0.15) is 0 Å². The lowest BCUT2D eigenvalue weighted by atomic mass is 9.92. The van der Waals surface area contributed by atoms with Crippen LogP contribution in [0.1, 0.15) is 33.1 Å². The molecule has 0 bridgehead atoms. The Morgan fingerprint density at radius 3 is 3.07 bits per heavy atom. The molecule has 1 unspecified atom stereocenters. The van der Waals surface area contributed by atoms with E-state index in [1.54, 1.807) is 0 Å². The van der Waals surface area contributed by atoms with Crippen LogP contribution in [-0.2, 0) is 4.74 Å². The molecule has 1 saturated heterocycles. The first-order chi connectivity index (χ1) is 6.56. The van der Waals surface area contributed by atoms with Crippen molar-refractivity contribution in [3.63, 3.8) is 0 Å². The molecule has 0 aliphatic carbocycles. The quantitative estimate of drug-likeness (QED) is 0.650. The maximum atomic E-state index is 10.4. The van der Waals surface area contributed by atoms with E-state index < -0.39 is 6.03 Å². The maximum Gasteiger partial charge on any atom is 0.332 e. The van der Waals surface area contributed by atoms with Gasteiger partial charge in [0.15, 0.2) is 0 Å². The highest BCUT2D eigenvalue weighted by atomic mass is 16.5. The van der Waals surface area contributed by atoms with Crippen LogP contribution in [-0.4, -0.2) is 24.0 Å². The third-order valence-electron chi connectivity index (χ3n) is 2.49. The molecule has 0 aromatic heterocycles. The number of ether oxygens (including phenoxy) is 1. The highest BCUT2D eigenvalue weighted by Crippen LogP contribution is 2.25. The molecule has 0 saturated carbocycles. The Hall–Kier alpha value is -1.10. The van der Waals surface area contributed by atoms with Crippen molar-refractivity contribution < 1.29 is 9.53 Å². The number of rotatable bonds is 2. The SMILES string of the molecule is CCC1(C)CC(=NNC(N)=O)CCO1. The normalized spacial score (nSPS) is 30.3. The molecular weight excluding hydrogens is 182 g/mol. The molecule has 3 N–H and O–H groups in total. The molecule has 5 nitrogen and oxygen atoms in total. The van der Waals surface area contributed by atoms with Crippen molar-refractivity contribution in [1.29, 1.82) is 0 Å². The van der Waals surface area contributed by atoms with Gasteiger partial charge in [-0.15, -0.1) is 0 Å². The summed E-state index contributed by atoms with van der Waals surface area (Å²) in [6.45, 7) is 4.78. The van der Waals surface area contributed by atoms with Gasteiger partial charge in [-0.05, 0) is 13.3 Å². The molecule has 0 aromatic rings. The summed E-state index contributed by atoms with van der Waals surface area (Å²) >= 11 is 0. The van der Waals surface area contributed by atoms with Crippen LogP contribution < -0.4 is 11.2 Å². The molecule has 1 fully saturated rings. The van der Waals surface area contributed by atoms with Crippen LogP contribution in [0.2, 0.25) is 0 Å². The molecule has 0 radical (unpaired) electrons. The Kier molecular flexibility index (Phi) is 3.46. The van der Waals surface area contributed by atoms with Gasteiger partial charge in [-0.25, -0.2) is 10.2 Å². The van der Waals surface area contributed by atoms with Crippen LogP contribution in [0, 0.1) is 0 Å². The predicted molar refractivity (Wildman–Crippen MR) is 54.0 cm³/mol. The molecule has 2 amide bonds. The highest BCUT2D eigenvalue weighted by molar-refractivity contribution is 5.87. The number of carbonyl (C=O) groups excluding carboxylic acids is 1. The highest BCUT2D eigenvalue weighted by Gasteiger charge is 2.29. The van der Waals surface area contributed by atoms with Crippen LogP contribution in [0.15, 0.2) is 5.10 Å². The second-order valence-electron chi connectivity index (χ2n) is 3.73. The van der Waals surface area contributed by atoms with Crippen molar-refractivity contribution in [3.05, 3.63) is 0 Å². The van der Waals surface area contributed by atoms with E-state index in [1.807, 2.05) is 6.92 Å². The first-order valence-electron chi connectivity index (χ1n) is 4.80. The first kappa shape index (κ1) is 11.0. The predicted octanol–water partition coefficient (Wildman–Crippen LogP) is 0.990. The van der Waals surface area contributed by atoms with E-state index in [0.29, 0.717) is 6.61 Å². The molecule has 1 aliphatic heterocycles. The topological polar surface area (TPSA) is 76.7 Å². The first-order valence-corrected chi connectivity index (χ1v) is 4.80. The Balaban J connectivity index is 2.55. The van der Waals surface area contributed by atoms with E-state index >= 15 is 0 Å². The minimum atomic E-state index is -0.623. The zero-order valence-electron chi connectivity index (χ0n) is 8.67. The third-order valence-corrected chi connectivity index (χ3v) is 2.49. The molecular formula is C9H17N3O2. The van der Waals surface area contributed by atoms with Gasteiger partial charge >= 0.3 is 6.03 Å². The summed E-state index contributed by atoms with van der Waals surface area (Å²) in [5.74, 6) is 0. The number of amides is 2. The number of primary amides is 1. The van der Waals surface area contributed by atoms with Gasteiger partial charge in [0, 0.05) is 18.6 Å². The van der Waals surface area contributed by atoms with E-state index in [2.05, 4.69) is 17.5 Å². The van der Waals surface area contributed by atoms with E-state index in [4.69, 9.17) is 10.5 Å². The molecule has 0 spiro atoms. The summed E-state index contributed by atoms with van der Waals surface area (Å²) in [6, 6.07) is -0.623. The standard InChI is InChI=1S/C9H17N3O2/c1-3-9(2)6-7(4-5-14-9)11-12-8(10)13/h3-6H2,1-2H3,(H3,10,12,13). The third kappa shape index (κ3) is 2.99. The monoisotopic (exact) mass is 199 g/mol. The summed E-state index contributed by atoms with van der Waals surface area (Å²) in [5.41, 5.74) is 7.97. The van der Waals surface area contributed by atoms with Gasteiger partial charge in [-0.1, -0.05) is 6.92 Å². The van der Waals surface area contributed by atoms with Crippen molar-refractivity contribution in [2.45, 2.75) is 38.7 Å². The van der Waals surface area contributed by atoms with Crippen molar-refractivity contribution in [1.82, 2.24) is 5.43 Å². The number of hydrazone groups is 1. The molecule has 1 rings (SSSR count). The summed E-state index contributed by atoms with van der Waals surface area (Å²) in [5, 5.41) is 3.94. The fourth-order valence-corrected chi connectivity index (χ4v) is 1.44. The number of nitrogens with zero attached hydrogens (tertiary/aromatic N) is 1. The molecule has 1 aliphatic rings. The van der Waals surface area contributed by atoms with Crippen LogP contribution in [0.25, 0.3) is 0 Å². The van der Waals surface area contributed by atoms with E-state index in [1.165, 1.54) is 0 Å². The van der Waals surface area contributed by atoms with Crippen LogP contribution in [0.3, 0.4) is 0 Å². The van der Waals surface area contributed by atoms with E-state index in [0.717, 1.165) is 25.0 Å². The number of carbonyl (C=O) groups is 1. The van der Waals surface area contributed by atoms with Crippen molar-refractivity contribution >= 4 is 11.7 Å². The largest absolute Gasteiger partial charge is 0.375 e. The molecule has 80 valence electrons. The average Bonchev–Trinajstić information content (AvgIpc) is 2.15. The smallest absolute Gasteiger partial charge is 0.332 e. The van der Waals surface area contributed by atoms with Crippen molar-refractivity contribution in [2.24, 2.45) is 10.8 Å². The van der Waals surface area contributed by atoms with Crippen LogP contribution in [0.5, 0.6) is 0 Å². The van der Waals surface area contributed by atoms with Crippen LogP contribution >= 0.6 is 0 Å². The van der Waals surface area contributed by atoms with Gasteiger partial charge in [-0.2, -0.15) is 5.10 Å². The van der Waals surface area contributed by atoms with E-state index in [9.17, 15) is 4.79 Å². The minimum Gasteiger partial charge on any atom is -0.375 e. The number of nitrogens with one attached hydrogen (secondary N) is 1. The zero-order chi connectivity index (χ0) is 10.6. The summed E-state index contributed by atoms with van der Waals surface area (Å²) < 4.78 is 5.63. The molecule has 0 aromatic carbocycles. The van der Waals surface area contributed by atoms with Crippen LogP contribution in [0.4, 0.5) is 4.79 Å². The molecule has 5 heteroatoms. The zero-order valence-corrected chi connectivity index (χ0v) is 8.67. The minimum absolute atomic E-state index is 0.142. The second-order valence-corrected chi connectivity index (χ2v) is 3.73. The molecule has 14 heavy (non-hydrogen) atoms. The van der Waals surface area contributed by atoms with Gasteiger partial charge in [0.05, 0.1) is 12.2 Å². The van der Waals surface area contributed by atoms with Gasteiger partial charge < -0.3 is 10.5 Å². The van der Waals surface area contributed by atoms with Gasteiger partial charge in [0.25, 0.3) is 0 Å².